The molecule has 2 aromatic heterocycles. The Morgan fingerprint density at radius 1 is 0.932 bits per heavy atom. The Morgan fingerprint density at radius 2 is 1.68 bits per heavy atom. The van der Waals surface area contributed by atoms with Crippen LogP contribution in [0.5, 0.6) is 17.2 Å². The van der Waals surface area contributed by atoms with Crippen molar-refractivity contribution in [2.75, 3.05) is 13.2 Å². The van der Waals surface area contributed by atoms with E-state index in [1.165, 1.54) is 37.0 Å². The number of ether oxygens (including phenoxy) is 3. The van der Waals surface area contributed by atoms with Crippen LogP contribution in [0.2, 0.25) is 0 Å². The molecule has 3 aromatic carbocycles. The van der Waals surface area contributed by atoms with Crippen molar-refractivity contribution in [3.63, 3.8) is 0 Å². The van der Waals surface area contributed by atoms with Crippen LogP contribution in [0.4, 0.5) is 0 Å². The Kier molecular flexibility index (Phi) is 11.4. The van der Waals surface area contributed by atoms with Crippen LogP contribution in [0.25, 0.3) is 11.1 Å². The van der Waals surface area contributed by atoms with Crippen molar-refractivity contribution < 1.29 is 38.1 Å². The summed E-state index contributed by atoms with van der Waals surface area (Å²) in [7, 11) is 0. The smallest absolute Gasteiger partial charge is 0.326 e. The van der Waals surface area contributed by atoms with E-state index >= 15 is 0 Å². The number of oxazole rings is 1. The molecule has 8 rings (SSSR count). The first-order chi connectivity index (χ1) is 28.5. The second kappa shape index (κ2) is 17.0. The summed E-state index contributed by atoms with van der Waals surface area (Å²) in [6.45, 7) is 8.36. The second-order valence-corrected chi connectivity index (χ2v) is 16.0. The summed E-state index contributed by atoms with van der Waals surface area (Å²) < 4.78 is 24.4. The molecule has 1 fully saturated rings. The highest BCUT2D eigenvalue weighted by molar-refractivity contribution is 5.98. The number of nitrogens with zero attached hydrogens (tertiary/aromatic N) is 3. The molecule has 0 saturated heterocycles. The summed E-state index contributed by atoms with van der Waals surface area (Å²) in [6, 6.07) is 19.0. The molecule has 3 aliphatic rings. The average molecular weight is 799 g/mol. The molecular weight excluding hydrogens is 749 g/mol. The fraction of sp³-hybridized carbons (Fsp3) is 0.383. The quantitative estimate of drug-likeness (QED) is 0.135. The van der Waals surface area contributed by atoms with Gasteiger partial charge in [0, 0.05) is 38.2 Å². The fourth-order valence-electron chi connectivity index (χ4n) is 8.45. The summed E-state index contributed by atoms with van der Waals surface area (Å²) >= 11 is 0. The zero-order chi connectivity index (χ0) is 41.2. The van der Waals surface area contributed by atoms with Crippen molar-refractivity contribution in [1.29, 1.82) is 0 Å². The van der Waals surface area contributed by atoms with Gasteiger partial charge in [-0.3, -0.25) is 14.6 Å². The van der Waals surface area contributed by atoms with Crippen LogP contribution in [0, 0.1) is 33.6 Å². The molecule has 5 aromatic rings. The topological polar surface area (TPSA) is 153 Å². The number of hydrogen-bond donors (Lipinski definition) is 2. The van der Waals surface area contributed by atoms with Gasteiger partial charge in [0.2, 0.25) is 5.91 Å². The van der Waals surface area contributed by atoms with Crippen LogP contribution in [-0.2, 0) is 29.0 Å². The molecule has 3 atom stereocenters. The zero-order valence-corrected chi connectivity index (χ0v) is 34.0. The van der Waals surface area contributed by atoms with E-state index in [2.05, 4.69) is 15.3 Å². The predicted molar refractivity (Wildman–Crippen MR) is 220 cm³/mol. The largest absolute Gasteiger partial charge is 0.493 e. The summed E-state index contributed by atoms with van der Waals surface area (Å²) in [4.78, 5) is 51.1. The van der Waals surface area contributed by atoms with Crippen molar-refractivity contribution in [2.45, 2.75) is 97.4 Å². The van der Waals surface area contributed by atoms with Gasteiger partial charge in [-0.25, -0.2) is 9.78 Å². The lowest BCUT2D eigenvalue weighted by molar-refractivity contribution is -0.142. The molecule has 2 aliphatic heterocycles. The van der Waals surface area contributed by atoms with E-state index in [-0.39, 0.29) is 37.8 Å². The number of carbonyl (C=O) groups is 3. The number of benzene rings is 3. The van der Waals surface area contributed by atoms with E-state index in [1.807, 2.05) is 80.6 Å². The molecule has 59 heavy (non-hydrogen) atoms. The molecule has 2 N–H and O–H groups in total. The molecule has 2 amide bonds. The number of fused-ring (bicyclic) bond motifs is 2. The lowest BCUT2D eigenvalue weighted by atomic mass is 9.90. The van der Waals surface area contributed by atoms with E-state index in [0.29, 0.717) is 29.1 Å². The van der Waals surface area contributed by atoms with Gasteiger partial charge in [0.1, 0.15) is 30.2 Å². The highest BCUT2D eigenvalue weighted by Gasteiger charge is 2.39. The first-order valence-electron chi connectivity index (χ1n) is 20.5. The molecule has 1 unspecified atom stereocenters. The molecule has 1 saturated carbocycles. The normalized spacial score (nSPS) is 18.1. The van der Waals surface area contributed by atoms with Gasteiger partial charge in [-0.2, -0.15) is 0 Å². The first-order valence-corrected chi connectivity index (χ1v) is 20.5. The standard InChI is InChI=1S/C47H50N4O8/c1-27-28(2)48-19-18-38(27)33-12-10-31(11-13-33)20-39(47(54)55)50-45(52)40-21-35-22-41-42(23-36(35)24-51(40)46(53)44-29(3)58-30(4)49-44)59-43(26-57-41)34-14-16-37(17-15-34)56-25-32-8-6-5-7-9-32/h10-19,22-23,32,39-40,43H,5-9,20-21,24-26H2,1-4H3,(H,50,52)(H,54,55)/t39?,40-,43+/m0/s1. The van der Waals surface area contributed by atoms with Crippen molar-refractivity contribution in [3.05, 3.63) is 124 Å². The number of rotatable bonds is 11. The maximum atomic E-state index is 14.2. The minimum atomic E-state index is -1.25. The van der Waals surface area contributed by atoms with Gasteiger partial charge in [-0.05, 0) is 109 Å². The van der Waals surface area contributed by atoms with E-state index in [0.717, 1.165) is 57.0 Å². The fourth-order valence-corrected chi connectivity index (χ4v) is 8.45. The van der Waals surface area contributed by atoms with Crippen LogP contribution in [-0.4, -0.2) is 63.1 Å². The Morgan fingerprint density at radius 3 is 2.39 bits per heavy atom. The second-order valence-electron chi connectivity index (χ2n) is 16.0. The molecule has 0 bridgehead atoms. The summed E-state index contributed by atoms with van der Waals surface area (Å²) in [5, 5.41) is 13.0. The van der Waals surface area contributed by atoms with E-state index in [1.54, 1.807) is 20.0 Å². The number of carbonyl (C=O) groups excluding carboxylic acids is 2. The van der Waals surface area contributed by atoms with Crippen molar-refractivity contribution in [1.82, 2.24) is 20.2 Å². The van der Waals surface area contributed by atoms with Crippen LogP contribution in [0.3, 0.4) is 0 Å². The van der Waals surface area contributed by atoms with Gasteiger partial charge in [-0.15, -0.1) is 0 Å². The molecule has 0 radical (unpaired) electrons. The number of nitrogens with one attached hydrogen (secondary N) is 1. The number of amides is 2. The molecule has 0 spiro atoms. The molecule has 4 heterocycles. The number of aliphatic carboxylic acids is 1. The summed E-state index contributed by atoms with van der Waals surface area (Å²) in [5.41, 5.74) is 7.40. The Labute approximate surface area is 343 Å². The molecular formula is C47H50N4O8. The van der Waals surface area contributed by atoms with E-state index in [9.17, 15) is 19.5 Å². The van der Waals surface area contributed by atoms with Gasteiger partial charge < -0.3 is 34.0 Å². The number of pyridine rings is 1. The number of carboxylic acids is 1. The van der Waals surface area contributed by atoms with Crippen LogP contribution < -0.4 is 19.5 Å². The highest BCUT2D eigenvalue weighted by Crippen LogP contribution is 2.41. The monoisotopic (exact) mass is 798 g/mol. The highest BCUT2D eigenvalue weighted by atomic mass is 16.6. The third-order valence-electron chi connectivity index (χ3n) is 12.0. The van der Waals surface area contributed by atoms with Gasteiger partial charge in [0.05, 0.1) is 6.61 Å². The molecule has 12 nitrogen and oxygen atoms in total. The number of aromatic nitrogens is 2. The maximum Gasteiger partial charge on any atom is 0.326 e. The van der Waals surface area contributed by atoms with Crippen LogP contribution >= 0.6 is 0 Å². The lowest BCUT2D eigenvalue weighted by Gasteiger charge is -2.37. The first kappa shape index (κ1) is 39.6. The Bertz CT molecular complexity index is 2350. The van der Waals surface area contributed by atoms with Crippen molar-refractivity contribution in [3.8, 4) is 28.4 Å². The minimum Gasteiger partial charge on any atom is -0.493 e. The third-order valence-corrected chi connectivity index (χ3v) is 12.0. The van der Waals surface area contributed by atoms with E-state index < -0.39 is 29.9 Å². The van der Waals surface area contributed by atoms with Gasteiger partial charge in [-0.1, -0.05) is 55.7 Å². The van der Waals surface area contributed by atoms with Gasteiger partial charge >= 0.3 is 5.97 Å². The zero-order valence-electron chi connectivity index (χ0n) is 34.0. The molecule has 1 aliphatic carbocycles. The molecule has 12 heteroatoms. The predicted octanol–water partition coefficient (Wildman–Crippen LogP) is 7.82. The Hall–Kier alpha value is -6.17. The number of carboxylic acid groups (broad SMARTS) is 1. The minimum absolute atomic E-state index is 0.0463. The van der Waals surface area contributed by atoms with Crippen LogP contribution in [0.1, 0.15) is 93.9 Å². The number of aryl methyl sites for hydroxylation is 3. The average Bonchev–Trinajstić information content (AvgIpc) is 3.59. The van der Waals surface area contributed by atoms with E-state index in [4.69, 9.17) is 18.6 Å². The lowest BCUT2D eigenvalue weighted by Crippen LogP contribution is -2.56. The third kappa shape index (κ3) is 8.67. The van der Waals surface area contributed by atoms with Gasteiger partial charge in [0.25, 0.3) is 5.91 Å². The van der Waals surface area contributed by atoms with Gasteiger partial charge in [0.15, 0.2) is 29.2 Å². The Balaban J connectivity index is 0.994. The maximum absolute atomic E-state index is 14.2. The SMILES string of the molecule is Cc1nc(C(=O)N2Cc3cc4c(cc3C[C@H]2C(=O)NC(Cc2ccc(-c3ccnc(C)c3C)cc2)C(=O)O)OC[C@H](c2ccc(OCC3CCCCC3)cc2)O4)c(C)o1. The molecule has 306 valence electrons. The van der Waals surface area contributed by atoms with Crippen molar-refractivity contribution >= 4 is 17.8 Å². The van der Waals surface area contributed by atoms with Crippen LogP contribution in [0.15, 0.2) is 77.3 Å². The summed E-state index contributed by atoms with van der Waals surface area (Å²) in [5.74, 6) is 0.914. The summed E-state index contributed by atoms with van der Waals surface area (Å²) in [6.07, 6.45) is 7.90. The van der Waals surface area contributed by atoms with Crippen molar-refractivity contribution in [2.24, 2.45) is 5.92 Å². The number of hydrogen-bond acceptors (Lipinski definition) is 9.